The van der Waals surface area contributed by atoms with Gasteiger partial charge in [-0.2, -0.15) is 0 Å². The second-order valence-corrected chi connectivity index (χ2v) is 4.48. The lowest BCUT2D eigenvalue weighted by Crippen LogP contribution is -2.25. The van der Waals surface area contributed by atoms with Crippen LogP contribution in [-0.2, 0) is 0 Å². The van der Waals surface area contributed by atoms with Crippen LogP contribution in [0, 0.1) is 0 Å². The number of alkyl halides is 1. The Bertz CT molecular complexity index is 489. The maximum atomic E-state index is 4.54. The summed E-state index contributed by atoms with van der Waals surface area (Å²) in [4.78, 5) is 15.2. The maximum Gasteiger partial charge on any atom is 0.180 e. The maximum absolute atomic E-state index is 4.54. The predicted molar refractivity (Wildman–Crippen MR) is 73.6 cm³/mol. The molecule has 2 aromatic rings. The summed E-state index contributed by atoms with van der Waals surface area (Å²) in [5, 5.41) is 1.01. The topological polar surface area (TPSA) is 41.9 Å². The van der Waals surface area contributed by atoms with Crippen molar-refractivity contribution in [2.45, 2.75) is 13.3 Å². The van der Waals surface area contributed by atoms with E-state index in [-0.39, 0.29) is 0 Å². The highest BCUT2D eigenvalue weighted by molar-refractivity contribution is 9.09. The van der Waals surface area contributed by atoms with Gasteiger partial charge < -0.3 is 4.90 Å². The van der Waals surface area contributed by atoms with Gasteiger partial charge in [0.2, 0.25) is 0 Å². The van der Waals surface area contributed by atoms with E-state index in [0.29, 0.717) is 5.65 Å². The van der Waals surface area contributed by atoms with Crippen molar-refractivity contribution in [3.05, 3.63) is 24.5 Å². The van der Waals surface area contributed by atoms with Gasteiger partial charge in [0.25, 0.3) is 0 Å². The quantitative estimate of drug-likeness (QED) is 0.795. The minimum absolute atomic E-state index is 0.710. The van der Waals surface area contributed by atoms with Crippen molar-refractivity contribution in [3.63, 3.8) is 0 Å². The summed E-state index contributed by atoms with van der Waals surface area (Å²) in [6.45, 7) is 4.09. The summed E-state index contributed by atoms with van der Waals surface area (Å²) < 4.78 is 0. The number of hydrogen-bond acceptors (Lipinski definition) is 4. The molecule has 0 N–H and O–H groups in total. The van der Waals surface area contributed by atoms with Crippen molar-refractivity contribution in [1.82, 2.24) is 15.0 Å². The molecule has 2 rings (SSSR count). The molecule has 0 saturated heterocycles. The minimum Gasteiger partial charge on any atom is -0.357 e. The zero-order valence-electron chi connectivity index (χ0n) is 9.80. The van der Waals surface area contributed by atoms with Crippen LogP contribution >= 0.6 is 15.9 Å². The highest BCUT2D eigenvalue weighted by atomic mass is 79.9. The Morgan fingerprint density at radius 1 is 1.24 bits per heavy atom. The Labute approximate surface area is 109 Å². The molecule has 0 aliphatic carbocycles. The number of pyridine rings is 1. The second kappa shape index (κ2) is 5.91. The lowest BCUT2D eigenvalue weighted by atomic mass is 10.3. The molecule has 0 radical (unpaired) electrons. The van der Waals surface area contributed by atoms with Crippen molar-refractivity contribution < 1.29 is 0 Å². The molecular formula is C12H15BrN4. The van der Waals surface area contributed by atoms with Gasteiger partial charge in [-0.15, -0.1) is 0 Å². The molecule has 5 heteroatoms. The number of rotatable bonds is 5. The van der Waals surface area contributed by atoms with E-state index in [1.54, 1.807) is 12.4 Å². The van der Waals surface area contributed by atoms with Crippen molar-refractivity contribution in [2.75, 3.05) is 23.3 Å². The van der Waals surface area contributed by atoms with Gasteiger partial charge in [0.05, 0.1) is 0 Å². The largest absolute Gasteiger partial charge is 0.357 e. The number of anilines is 1. The molecule has 2 aromatic heterocycles. The first kappa shape index (κ1) is 12.2. The van der Waals surface area contributed by atoms with Crippen LogP contribution in [0.3, 0.4) is 0 Å². The van der Waals surface area contributed by atoms with Gasteiger partial charge in [-0.25, -0.2) is 9.97 Å². The average molecular weight is 295 g/mol. The fraction of sp³-hybridized carbons (Fsp3) is 0.417. The van der Waals surface area contributed by atoms with Gasteiger partial charge in [-0.3, -0.25) is 4.98 Å². The van der Waals surface area contributed by atoms with Crippen LogP contribution in [0.25, 0.3) is 11.2 Å². The molecule has 0 atom stereocenters. The first-order valence-electron chi connectivity index (χ1n) is 5.74. The summed E-state index contributed by atoms with van der Waals surface area (Å²) in [5.41, 5.74) is 1.55. The molecule has 0 saturated carbocycles. The Morgan fingerprint density at radius 3 is 2.82 bits per heavy atom. The fourth-order valence-corrected chi connectivity index (χ4v) is 1.96. The van der Waals surface area contributed by atoms with Crippen molar-refractivity contribution in [3.8, 4) is 0 Å². The highest BCUT2D eigenvalue weighted by Gasteiger charge is 2.06. The smallest absolute Gasteiger partial charge is 0.180 e. The van der Waals surface area contributed by atoms with Gasteiger partial charge in [0.1, 0.15) is 11.3 Å². The fourth-order valence-electron chi connectivity index (χ4n) is 1.71. The van der Waals surface area contributed by atoms with E-state index in [9.17, 15) is 0 Å². The standard InChI is InChI=1S/C12H15BrN4/c1-2-17(9-3-6-13)11-5-4-10-12(16-11)15-8-7-14-10/h4-5,7-8H,2-3,6,9H2,1H3. The minimum atomic E-state index is 0.710. The van der Waals surface area contributed by atoms with E-state index < -0.39 is 0 Å². The lowest BCUT2D eigenvalue weighted by molar-refractivity contribution is 0.787. The number of halogens is 1. The summed E-state index contributed by atoms with van der Waals surface area (Å²) in [7, 11) is 0. The van der Waals surface area contributed by atoms with Crippen molar-refractivity contribution >= 4 is 32.9 Å². The van der Waals surface area contributed by atoms with Gasteiger partial charge in [-0.1, -0.05) is 15.9 Å². The monoisotopic (exact) mass is 294 g/mol. The molecular weight excluding hydrogens is 280 g/mol. The van der Waals surface area contributed by atoms with Crippen LogP contribution in [0.15, 0.2) is 24.5 Å². The van der Waals surface area contributed by atoms with E-state index in [4.69, 9.17) is 0 Å². The molecule has 17 heavy (non-hydrogen) atoms. The summed E-state index contributed by atoms with van der Waals surface area (Å²) in [5.74, 6) is 0.974. The molecule has 4 nitrogen and oxygen atoms in total. The molecule has 0 fully saturated rings. The van der Waals surface area contributed by atoms with Crippen LogP contribution in [0.5, 0.6) is 0 Å². The third-order valence-corrected chi connectivity index (χ3v) is 3.15. The van der Waals surface area contributed by atoms with E-state index in [1.165, 1.54) is 0 Å². The summed E-state index contributed by atoms with van der Waals surface area (Å²) in [6, 6.07) is 3.98. The SMILES string of the molecule is CCN(CCCBr)c1ccc2nccnc2n1. The second-order valence-electron chi connectivity index (χ2n) is 3.69. The molecule has 0 aliphatic heterocycles. The van der Waals surface area contributed by atoms with Gasteiger partial charge in [-0.05, 0) is 25.5 Å². The Kier molecular flexibility index (Phi) is 4.25. The zero-order valence-corrected chi connectivity index (χ0v) is 11.4. The van der Waals surface area contributed by atoms with Gasteiger partial charge in [0, 0.05) is 30.8 Å². The number of aromatic nitrogens is 3. The molecule has 0 aromatic carbocycles. The highest BCUT2D eigenvalue weighted by Crippen LogP contribution is 2.15. The Hall–Kier alpha value is -1.23. The van der Waals surface area contributed by atoms with Crippen LogP contribution in [0.1, 0.15) is 13.3 Å². The molecule has 0 spiro atoms. The molecule has 0 amide bonds. The molecule has 2 heterocycles. The Morgan fingerprint density at radius 2 is 2.06 bits per heavy atom. The molecule has 0 aliphatic rings. The summed E-state index contributed by atoms with van der Waals surface area (Å²) in [6.07, 6.45) is 4.47. The normalized spacial score (nSPS) is 10.7. The van der Waals surface area contributed by atoms with Gasteiger partial charge >= 0.3 is 0 Å². The first-order chi connectivity index (χ1) is 8.35. The van der Waals surface area contributed by atoms with Crippen molar-refractivity contribution in [1.29, 1.82) is 0 Å². The van der Waals surface area contributed by atoms with Crippen LogP contribution in [0.4, 0.5) is 5.82 Å². The third kappa shape index (κ3) is 2.91. The number of nitrogens with zero attached hydrogens (tertiary/aromatic N) is 4. The average Bonchev–Trinajstić information content (AvgIpc) is 2.39. The third-order valence-electron chi connectivity index (χ3n) is 2.58. The Balaban J connectivity index is 2.27. The lowest BCUT2D eigenvalue weighted by Gasteiger charge is -2.21. The number of hydrogen-bond donors (Lipinski definition) is 0. The molecule has 0 bridgehead atoms. The molecule has 0 unspecified atom stereocenters. The van der Waals surface area contributed by atoms with Crippen LogP contribution < -0.4 is 4.90 Å². The first-order valence-corrected chi connectivity index (χ1v) is 6.86. The zero-order chi connectivity index (χ0) is 12.1. The van der Waals surface area contributed by atoms with E-state index in [0.717, 1.165) is 36.2 Å². The van der Waals surface area contributed by atoms with E-state index >= 15 is 0 Å². The summed E-state index contributed by atoms with van der Waals surface area (Å²) >= 11 is 3.45. The molecule has 90 valence electrons. The predicted octanol–water partition coefficient (Wildman–Crippen LogP) is 2.64. The number of fused-ring (bicyclic) bond motifs is 1. The van der Waals surface area contributed by atoms with Gasteiger partial charge in [0.15, 0.2) is 5.65 Å². The van der Waals surface area contributed by atoms with Crippen LogP contribution in [-0.4, -0.2) is 33.4 Å². The van der Waals surface area contributed by atoms with E-state index in [2.05, 4.69) is 42.7 Å². The van der Waals surface area contributed by atoms with E-state index in [1.807, 2.05) is 12.1 Å². The van der Waals surface area contributed by atoms with Crippen molar-refractivity contribution in [2.24, 2.45) is 0 Å². The van der Waals surface area contributed by atoms with Crippen LogP contribution in [0.2, 0.25) is 0 Å².